The Balaban J connectivity index is 1.33. The van der Waals surface area contributed by atoms with Crippen molar-refractivity contribution in [1.29, 1.82) is 5.26 Å². The number of benzene rings is 1. The standard InChI is InChI=1S/C33H33F2N9O/c1-41-24-17-37-30-27(28(24)33(31(41)45)9-12-43(13-10-33)32(8-11-36)6-3-7-32)26(20-4-5-23-21(14-20)15-38-42(23)2)29(40-30)22-16-39-44(18-22)19-25(34)35/h4-5,14-18,25H,3,6-10,12-13,19H2,1-2H3,(H,37,40). The number of pyridine rings is 1. The molecule has 1 saturated carbocycles. The van der Waals surface area contributed by atoms with Crippen LogP contribution in [0.25, 0.3) is 44.3 Å². The molecule has 1 amide bonds. The van der Waals surface area contributed by atoms with Gasteiger partial charge in [0.2, 0.25) is 5.91 Å². The molecule has 10 nitrogen and oxygen atoms in total. The average Bonchev–Trinajstić information content (AvgIpc) is 3.77. The van der Waals surface area contributed by atoms with E-state index in [0.29, 0.717) is 36.2 Å². The van der Waals surface area contributed by atoms with Crippen LogP contribution in [0.15, 0.2) is 43.0 Å². The predicted molar refractivity (Wildman–Crippen MR) is 166 cm³/mol. The molecule has 8 rings (SSSR count). The molecule has 230 valence electrons. The molecule has 1 spiro atoms. The summed E-state index contributed by atoms with van der Waals surface area (Å²) in [5.74, 6) is 0.0653. The molecule has 0 radical (unpaired) electrons. The van der Waals surface area contributed by atoms with Crippen LogP contribution in [0.2, 0.25) is 0 Å². The summed E-state index contributed by atoms with van der Waals surface area (Å²) in [6.07, 6.45) is 9.26. The lowest BCUT2D eigenvalue weighted by molar-refractivity contribution is -0.126. The van der Waals surface area contributed by atoms with E-state index in [9.17, 15) is 18.8 Å². The molecule has 1 aliphatic carbocycles. The molecule has 0 unspecified atom stereocenters. The van der Waals surface area contributed by atoms with Crippen molar-refractivity contribution in [3.05, 3.63) is 48.5 Å². The van der Waals surface area contributed by atoms with E-state index in [1.54, 1.807) is 23.5 Å². The number of likely N-dealkylation sites (tertiary alicyclic amines) is 1. The highest BCUT2D eigenvalue weighted by Gasteiger charge is 2.55. The molecule has 45 heavy (non-hydrogen) atoms. The number of nitrogens with one attached hydrogen (secondary N) is 1. The van der Waals surface area contributed by atoms with Gasteiger partial charge < -0.3 is 9.88 Å². The lowest BCUT2D eigenvalue weighted by atomic mass is 9.68. The number of halogens is 2. The number of aryl methyl sites for hydroxylation is 1. The number of piperidine rings is 1. The third-order valence-electron chi connectivity index (χ3n) is 10.6. The third-order valence-corrected chi connectivity index (χ3v) is 10.6. The Morgan fingerprint density at radius 2 is 1.87 bits per heavy atom. The van der Waals surface area contributed by atoms with Gasteiger partial charge in [0.1, 0.15) is 12.2 Å². The third kappa shape index (κ3) is 3.99. The monoisotopic (exact) mass is 609 g/mol. The van der Waals surface area contributed by atoms with Gasteiger partial charge in [0.15, 0.2) is 0 Å². The van der Waals surface area contributed by atoms with Crippen LogP contribution in [0.1, 0.15) is 44.1 Å². The molecule has 2 fully saturated rings. The fourth-order valence-corrected chi connectivity index (χ4v) is 8.14. The molecular formula is C33H33F2N9O. The summed E-state index contributed by atoms with van der Waals surface area (Å²) >= 11 is 0. The second-order valence-corrected chi connectivity index (χ2v) is 12.8. The van der Waals surface area contributed by atoms with Gasteiger partial charge in [0.25, 0.3) is 6.43 Å². The lowest BCUT2D eigenvalue weighted by Crippen LogP contribution is -2.59. The van der Waals surface area contributed by atoms with Crippen LogP contribution in [0.4, 0.5) is 14.5 Å². The molecule has 0 bridgehead atoms. The molecule has 3 aliphatic rings. The van der Waals surface area contributed by atoms with Crippen LogP contribution in [-0.4, -0.2) is 72.4 Å². The number of amides is 1. The van der Waals surface area contributed by atoms with E-state index in [2.05, 4.69) is 32.2 Å². The first-order valence-corrected chi connectivity index (χ1v) is 15.4. The van der Waals surface area contributed by atoms with Crippen LogP contribution in [0.5, 0.6) is 0 Å². The zero-order valence-electron chi connectivity index (χ0n) is 25.2. The molecule has 4 aromatic heterocycles. The summed E-state index contributed by atoms with van der Waals surface area (Å²) in [5, 5.41) is 20.1. The number of alkyl halides is 2. The number of aromatic nitrogens is 6. The van der Waals surface area contributed by atoms with Crippen molar-refractivity contribution >= 4 is 33.5 Å². The first-order chi connectivity index (χ1) is 21.7. The Morgan fingerprint density at radius 1 is 1.07 bits per heavy atom. The second kappa shape index (κ2) is 9.94. The minimum atomic E-state index is -2.53. The number of anilines is 1. The molecule has 1 saturated heterocycles. The van der Waals surface area contributed by atoms with Gasteiger partial charge in [0, 0.05) is 66.4 Å². The van der Waals surface area contributed by atoms with Gasteiger partial charge in [0.05, 0.1) is 53.4 Å². The summed E-state index contributed by atoms with van der Waals surface area (Å²) in [5.41, 5.74) is 5.69. The fourth-order valence-electron chi connectivity index (χ4n) is 8.14. The van der Waals surface area contributed by atoms with E-state index >= 15 is 0 Å². The maximum Gasteiger partial charge on any atom is 0.257 e. The van der Waals surface area contributed by atoms with Crippen molar-refractivity contribution in [2.75, 3.05) is 25.0 Å². The van der Waals surface area contributed by atoms with Crippen molar-refractivity contribution in [3.63, 3.8) is 0 Å². The van der Waals surface area contributed by atoms with Crippen LogP contribution in [0.3, 0.4) is 0 Å². The number of aromatic amines is 1. The van der Waals surface area contributed by atoms with E-state index in [1.807, 2.05) is 37.1 Å². The van der Waals surface area contributed by atoms with Gasteiger partial charge >= 0.3 is 0 Å². The molecule has 1 N–H and O–H groups in total. The highest BCUT2D eigenvalue weighted by molar-refractivity contribution is 6.16. The number of fused-ring (bicyclic) bond motifs is 5. The number of carbonyl (C=O) groups excluding carboxylic acids is 1. The Hall–Kier alpha value is -4.63. The summed E-state index contributed by atoms with van der Waals surface area (Å²) in [6, 6.07) is 8.55. The predicted octanol–water partition coefficient (Wildman–Crippen LogP) is 5.39. The lowest BCUT2D eigenvalue weighted by Gasteiger charge is -2.53. The topological polar surface area (TPSA) is 112 Å². The molecule has 12 heteroatoms. The van der Waals surface area contributed by atoms with Crippen molar-refractivity contribution in [2.45, 2.75) is 62.4 Å². The Morgan fingerprint density at radius 3 is 2.58 bits per heavy atom. The minimum Gasteiger partial charge on any atom is -0.339 e. The van der Waals surface area contributed by atoms with E-state index in [1.165, 1.54) is 4.68 Å². The molecule has 2 aliphatic heterocycles. The molecular weight excluding hydrogens is 576 g/mol. The highest BCUT2D eigenvalue weighted by Crippen LogP contribution is 2.55. The fraction of sp³-hybridized carbons (Fsp3) is 0.424. The quantitative estimate of drug-likeness (QED) is 0.276. The number of H-pyrrole nitrogens is 1. The van der Waals surface area contributed by atoms with Crippen LogP contribution in [-0.2, 0) is 23.8 Å². The smallest absolute Gasteiger partial charge is 0.257 e. The van der Waals surface area contributed by atoms with Crippen LogP contribution >= 0.6 is 0 Å². The Bertz CT molecular complexity index is 2020. The van der Waals surface area contributed by atoms with Gasteiger partial charge in [-0.2, -0.15) is 15.5 Å². The van der Waals surface area contributed by atoms with Crippen LogP contribution < -0.4 is 4.90 Å². The summed E-state index contributed by atoms with van der Waals surface area (Å²) in [6.45, 7) is 0.968. The maximum absolute atomic E-state index is 14.3. The van der Waals surface area contributed by atoms with E-state index in [4.69, 9.17) is 4.98 Å². The van der Waals surface area contributed by atoms with E-state index < -0.39 is 18.4 Å². The van der Waals surface area contributed by atoms with Crippen molar-refractivity contribution in [2.24, 2.45) is 7.05 Å². The first kappa shape index (κ1) is 27.9. The zero-order chi connectivity index (χ0) is 31.1. The highest BCUT2D eigenvalue weighted by atomic mass is 19.3. The molecule has 1 aromatic carbocycles. The summed E-state index contributed by atoms with van der Waals surface area (Å²) in [4.78, 5) is 26.8. The van der Waals surface area contributed by atoms with Gasteiger partial charge in [-0.25, -0.2) is 13.8 Å². The molecule has 5 aromatic rings. The normalized spacial score (nSPS) is 19.1. The van der Waals surface area contributed by atoms with Gasteiger partial charge in [-0.15, -0.1) is 0 Å². The number of carbonyl (C=O) groups is 1. The minimum absolute atomic E-state index is 0.0653. The van der Waals surface area contributed by atoms with Gasteiger partial charge in [-0.1, -0.05) is 6.07 Å². The van der Waals surface area contributed by atoms with E-state index in [0.717, 1.165) is 71.0 Å². The van der Waals surface area contributed by atoms with Crippen molar-refractivity contribution in [1.82, 2.24) is 34.4 Å². The number of rotatable bonds is 6. The summed E-state index contributed by atoms with van der Waals surface area (Å²) in [7, 11) is 3.72. The van der Waals surface area contributed by atoms with Gasteiger partial charge in [-0.3, -0.25) is 19.1 Å². The number of nitriles is 1. The van der Waals surface area contributed by atoms with Gasteiger partial charge in [-0.05, 0) is 49.8 Å². The SMILES string of the molecule is CN1C(=O)C2(CCN(C3(CC#N)CCC3)CC2)c2c1cnc1[nH]c(-c3cnn(CC(F)F)c3)c(-c3ccc4c(cnn4C)c3)c21. The van der Waals surface area contributed by atoms with Crippen LogP contribution in [0, 0.1) is 11.3 Å². The summed E-state index contributed by atoms with van der Waals surface area (Å²) < 4.78 is 29.6. The largest absolute Gasteiger partial charge is 0.339 e. The Kier molecular flexibility index (Phi) is 6.16. The van der Waals surface area contributed by atoms with Crippen molar-refractivity contribution < 1.29 is 13.6 Å². The number of hydrogen-bond acceptors (Lipinski definition) is 6. The molecule has 6 heterocycles. The number of likely N-dealkylation sites (N-methyl/N-ethyl adjacent to an activating group) is 1. The average molecular weight is 610 g/mol. The second-order valence-electron chi connectivity index (χ2n) is 12.8. The maximum atomic E-state index is 14.3. The van der Waals surface area contributed by atoms with Crippen molar-refractivity contribution in [3.8, 4) is 28.5 Å². The number of hydrogen-bond donors (Lipinski definition) is 1. The molecule has 0 atom stereocenters. The Labute approximate surface area is 258 Å². The first-order valence-electron chi connectivity index (χ1n) is 15.4. The number of nitrogens with zero attached hydrogens (tertiary/aromatic N) is 8. The van der Waals surface area contributed by atoms with E-state index in [-0.39, 0.29) is 11.4 Å². The zero-order valence-corrected chi connectivity index (χ0v) is 25.2.